The zero-order valence-electron chi connectivity index (χ0n) is 14.5. The minimum absolute atomic E-state index is 0.0365. The maximum absolute atomic E-state index is 13.5. The van der Waals surface area contributed by atoms with E-state index < -0.39 is 32.4 Å². The Morgan fingerprint density at radius 3 is 2.04 bits per heavy atom. The second-order valence-corrected chi connectivity index (χ2v) is 8.28. The van der Waals surface area contributed by atoms with E-state index in [2.05, 4.69) is 0 Å². The normalized spacial score (nSPS) is 11.8. The number of halogens is 3. The molecule has 0 heterocycles. The average Bonchev–Trinajstić information content (AvgIpc) is 2.50. The van der Waals surface area contributed by atoms with Crippen molar-refractivity contribution in [2.75, 3.05) is 10.8 Å². The van der Waals surface area contributed by atoms with Gasteiger partial charge in [0.05, 0.1) is 10.6 Å². The van der Waals surface area contributed by atoms with Crippen molar-refractivity contribution < 1.29 is 21.6 Å². The molecular formula is C18H20F3NO2S. The van der Waals surface area contributed by atoms with Crippen molar-refractivity contribution >= 4 is 15.7 Å². The predicted octanol–water partition coefficient (Wildman–Crippen LogP) is 4.57. The molecule has 0 aromatic heterocycles. The van der Waals surface area contributed by atoms with E-state index in [9.17, 15) is 21.6 Å². The Morgan fingerprint density at radius 2 is 1.56 bits per heavy atom. The van der Waals surface area contributed by atoms with Crippen molar-refractivity contribution in [3.05, 3.63) is 58.9 Å². The first-order valence-corrected chi connectivity index (χ1v) is 9.22. The van der Waals surface area contributed by atoms with E-state index in [1.807, 2.05) is 26.8 Å². The molecule has 0 N–H and O–H groups in total. The van der Waals surface area contributed by atoms with E-state index in [4.69, 9.17) is 0 Å². The Labute approximate surface area is 146 Å². The van der Waals surface area contributed by atoms with Crippen LogP contribution < -0.4 is 4.31 Å². The molecule has 3 nitrogen and oxygen atoms in total. The molecule has 25 heavy (non-hydrogen) atoms. The zero-order chi connectivity index (χ0) is 18.9. The molecule has 0 fully saturated rings. The van der Waals surface area contributed by atoms with E-state index in [1.54, 1.807) is 19.1 Å². The van der Waals surface area contributed by atoms with Gasteiger partial charge in [-0.15, -0.1) is 0 Å². The molecule has 0 saturated heterocycles. The highest BCUT2D eigenvalue weighted by molar-refractivity contribution is 7.92. The van der Waals surface area contributed by atoms with Gasteiger partial charge in [-0.2, -0.15) is 0 Å². The van der Waals surface area contributed by atoms with Gasteiger partial charge in [-0.3, -0.25) is 4.31 Å². The average molecular weight is 371 g/mol. The minimum Gasteiger partial charge on any atom is -0.266 e. The van der Waals surface area contributed by atoms with Gasteiger partial charge in [0, 0.05) is 6.54 Å². The molecule has 2 aromatic rings. The molecule has 0 amide bonds. The van der Waals surface area contributed by atoms with E-state index in [1.165, 1.54) is 0 Å². The van der Waals surface area contributed by atoms with Gasteiger partial charge in [-0.1, -0.05) is 31.5 Å². The van der Waals surface area contributed by atoms with Crippen LogP contribution in [0.4, 0.5) is 18.9 Å². The van der Waals surface area contributed by atoms with Crippen molar-refractivity contribution in [2.45, 2.75) is 32.6 Å². The number of hydrogen-bond acceptors (Lipinski definition) is 2. The third-order valence-corrected chi connectivity index (χ3v) is 5.45. The summed E-state index contributed by atoms with van der Waals surface area (Å²) in [4.78, 5) is -0.621. The Bertz CT molecular complexity index is 872. The zero-order valence-corrected chi connectivity index (χ0v) is 15.3. The maximum Gasteiger partial charge on any atom is 0.264 e. The summed E-state index contributed by atoms with van der Waals surface area (Å²) in [6.07, 6.45) is 0. The monoisotopic (exact) mass is 371 g/mol. The van der Waals surface area contributed by atoms with Gasteiger partial charge in [-0.05, 0) is 43.5 Å². The van der Waals surface area contributed by atoms with Gasteiger partial charge in [-0.25, -0.2) is 21.6 Å². The summed E-state index contributed by atoms with van der Waals surface area (Å²) in [6.45, 7) is 7.42. The first-order chi connectivity index (χ1) is 11.5. The number of sulfonamides is 1. The largest absolute Gasteiger partial charge is 0.266 e. The van der Waals surface area contributed by atoms with Crippen LogP contribution in [0, 0.1) is 37.2 Å². The lowest BCUT2D eigenvalue weighted by Crippen LogP contribution is -2.35. The summed E-state index contributed by atoms with van der Waals surface area (Å²) >= 11 is 0. The third-order valence-electron chi connectivity index (χ3n) is 3.70. The third kappa shape index (κ3) is 3.98. The Kier molecular flexibility index (Phi) is 5.46. The molecule has 0 aliphatic carbocycles. The quantitative estimate of drug-likeness (QED) is 0.722. The fraction of sp³-hybridized carbons (Fsp3) is 0.333. The van der Waals surface area contributed by atoms with Crippen LogP contribution >= 0.6 is 0 Å². The summed E-state index contributed by atoms with van der Waals surface area (Å²) < 4.78 is 67.3. The van der Waals surface area contributed by atoms with Gasteiger partial charge in [0.1, 0.15) is 0 Å². The second-order valence-electron chi connectivity index (χ2n) is 6.42. The highest BCUT2D eigenvalue weighted by Gasteiger charge is 2.29. The van der Waals surface area contributed by atoms with Gasteiger partial charge in [0.25, 0.3) is 10.0 Å². The van der Waals surface area contributed by atoms with Crippen LogP contribution in [0.15, 0.2) is 35.2 Å². The Hall–Kier alpha value is -2.02. The molecule has 0 radical (unpaired) electrons. The highest BCUT2D eigenvalue weighted by Crippen LogP contribution is 2.29. The molecular weight excluding hydrogens is 351 g/mol. The van der Waals surface area contributed by atoms with Crippen LogP contribution in [-0.2, 0) is 10.0 Å². The fourth-order valence-electron chi connectivity index (χ4n) is 2.55. The maximum atomic E-state index is 13.5. The van der Waals surface area contributed by atoms with Gasteiger partial charge in [0.2, 0.25) is 0 Å². The number of hydrogen-bond donors (Lipinski definition) is 0. The van der Waals surface area contributed by atoms with Crippen LogP contribution in [-0.4, -0.2) is 15.0 Å². The van der Waals surface area contributed by atoms with Crippen LogP contribution in [0.3, 0.4) is 0 Å². The Morgan fingerprint density at radius 1 is 1.00 bits per heavy atom. The highest BCUT2D eigenvalue weighted by atomic mass is 32.2. The van der Waals surface area contributed by atoms with E-state index in [0.29, 0.717) is 23.4 Å². The van der Waals surface area contributed by atoms with Gasteiger partial charge in [0.15, 0.2) is 17.5 Å². The van der Waals surface area contributed by atoms with Crippen LogP contribution in [0.25, 0.3) is 0 Å². The first-order valence-electron chi connectivity index (χ1n) is 7.78. The smallest absolute Gasteiger partial charge is 0.264 e. The van der Waals surface area contributed by atoms with Gasteiger partial charge >= 0.3 is 0 Å². The molecule has 7 heteroatoms. The topological polar surface area (TPSA) is 37.4 Å². The van der Waals surface area contributed by atoms with Crippen molar-refractivity contribution in [1.82, 2.24) is 0 Å². The fourth-order valence-corrected chi connectivity index (χ4v) is 4.27. The SMILES string of the molecule is Cc1ccc(N(CC(C)C)S(=O)(=O)c2cc(F)c(F)c(F)c2)c(C)c1. The molecule has 2 aromatic carbocycles. The van der Waals surface area contributed by atoms with Crippen LogP contribution in [0.5, 0.6) is 0 Å². The molecule has 0 spiro atoms. The first kappa shape index (κ1) is 19.3. The van der Waals surface area contributed by atoms with E-state index in [-0.39, 0.29) is 12.5 Å². The molecule has 0 unspecified atom stereocenters. The summed E-state index contributed by atoms with van der Waals surface area (Å²) in [6, 6.07) is 6.25. The van der Waals surface area contributed by atoms with Crippen LogP contribution in [0.2, 0.25) is 0 Å². The Balaban J connectivity index is 2.64. The van der Waals surface area contributed by atoms with E-state index in [0.717, 1.165) is 9.87 Å². The predicted molar refractivity (Wildman–Crippen MR) is 91.6 cm³/mol. The lowest BCUT2D eigenvalue weighted by molar-refractivity contribution is 0.442. The second kappa shape index (κ2) is 7.07. The van der Waals surface area contributed by atoms with Crippen molar-refractivity contribution in [3.8, 4) is 0 Å². The summed E-state index contributed by atoms with van der Waals surface area (Å²) in [5, 5.41) is 0. The number of aryl methyl sites for hydroxylation is 2. The molecule has 0 atom stereocenters. The molecule has 0 bridgehead atoms. The lowest BCUT2D eigenvalue weighted by atomic mass is 10.1. The number of benzene rings is 2. The summed E-state index contributed by atoms with van der Waals surface area (Å²) in [5.41, 5.74) is 2.10. The molecule has 136 valence electrons. The summed E-state index contributed by atoms with van der Waals surface area (Å²) in [7, 11) is -4.26. The van der Waals surface area contributed by atoms with E-state index >= 15 is 0 Å². The number of nitrogens with zero attached hydrogens (tertiary/aromatic N) is 1. The van der Waals surface area contributed by atoms with Crippen molar-refractivity contribution in [2.24, 2.45) is 5.92 Å². The standard InChI is InChI=1S/C18H20F3NO2S/c1-11(2)10-22(17-6-5-12(3)7-13(17)4)25(23,24)14-8-15(19)18(21)16(20)9-14/h5-9,11H,10H2,1-4H3. The van der Waals surface area contributed by atoms with Crippen molar-refractivity contribution in [1.29, 1.82) is 0 Å². The van der Waals surface area contributed by atoms with Crippen molar-refractivity contribution in [3.63, 3.8) is 0 Å². The number of anilines is 1. The molecule has 0 aliphatic rings. The molecule has 0 saturated carbocycles. The molecule has 0 aliphatic heterocycles. The number of rotatable bonds is 5. The summed E-state index contributed by atoms with van der Waals surface area (Å²) in [5.74, 6) is -4.81. The van der Waals surface area contributed by atoms with Crippen LogP contribution in [0.1, 0.15) is 25.0 Å². The van der Waals surface area contributed by atoms with Gasteiger partial charge < -0.3 is 0 Å². The molecule has 2 rings (SSSR count). The lowest BCUT2D eigenvalue weighted by Gasteiger charge is -2.28. The minimum atomic E-state index is -4.26.